The Morgan fingerprint density at radius 1 is 1.29 bits per heavy atom. The second-order valence-corrected chi connectivity index (χ2v) is 8.03. The highest BCUT2D eigenvalue weighted by atomic mass is 32.1. The van der Waals surface area contributed by atoms with Gasteiger partial charge in [-0.3, -0.25) is 14.9 Å². The van der Waals surface area contributed by atoms with E-state index in [4.69, 9.17) is 0 Å². The van der Waals surface area contributed by atoms with Crippen LogP contribution < -0.4 is 10.6 Å². The molecule has 0 fully saturated rings. The van der Waals surface area contributed by atoms with E-state index in [9.17, 15) is 9.59 Å². The maximum Gasteiger partial charge on any atom is 0.249 e. The average Bonchev–Trinajstić information content (AvgIpc) is 3.36. The predicted molar refractivity (Wildman–Crippen MR) is 115 cm³/mol. The monoisotopic (exact) mass is 412 g/mol. The van der Waals surface area contributed by atoms with Crippen LogP contribution in [-0.2, 0) is 16.0 Å². The van der Waals surface area contributed by atoms with Crippen molar-refractivity contribution in [3.63, 3.8) is 0 Å². The lowest BCUT2D eigenvalue weighted by atomic mass is 9.97. The Kier molecular flexibility index (Phi) is 6.33. The number of amides is 2. The van der Waals surface area contributed by atoms with Crippen LogP contribution in [0.25, 0.3) is 11.3 Å². The Balaban J connectivity index is 1.74. The molecule has 2 N–H and O–H groups in total. The fourth-order valence-corrected chi connectivity index (χ4v) is 3.96. The summed E-state index contributed by atoms with van der Waals surface area (Å²) in [5.41, 5.74) is 2.51. The Hall–Kier alpha value is -2.84. The van der Waals surface area contributed by atoms with Crippen LogP contribution in [0.4, 0.5) is 10.3 Å². The number of rotatable bonds is 7. The van der Waals surface area contributed by atoms with Crippen LogP contribution in [0.15, 0.2) is 48.5 Å². The summed E-state index contributed by atoms with van der Waals surface area (Å²) in [6.45, 7) is 7.34. The fraction of sp³-hybridized carbons (Fsp3) is 0.200. The lowest BCUT2D eigenvalue weighted by Gasteiger charge is -2.12. The third-order valence-corrected chi connectivity index (χ3v) is 5.94. The van der Waals surface area contributed by atoms with E-state index in [0.717, 1.165) is 28.1 Å². The predicted octanol–water partition coefficient (Wildman–Crippen LogP) is 4.70. The third kappa shape index (κ3) is 4.71. The van der Waals surface area contributed by atoms with Crippen molar-refractivity contribution in [3.8, 4) is 11.3 Å². The molecule has 0 saturated carbocycles. The maximum absolute atomic E-state index is 12.6. The number of benzene rings is 1. The lowest BCUT2D eigenvalue weighted by Crippen LogP contribution is -2.18. The molecule has 2 amide bonds. The normalized spacial score (nSPS) is 11.6. The molecular formula is C20H20N4O2S2. The summed E-state index contributed by atoms with van der Waals surface area (Å²) in [6, 6.07) is 7.68. The molecule has 3 aromatic rings. The molecule has 8 heteroatoms. The van der Waals surface area contributed by atoms with Crippen molar-refractivity contribution in [1.82, 2.24) is 9.97 Å². The van der Waals surface area contributed by atoms with Crippen molar-refractivity contribution >= 4 is 44.8 Å². The van der Waals surface area contributed by atoms with Gasteiger partial charge in [0.25, 0.3) is 0 Å². The van der Waals surface area contributed by atoms with Gasteiger partial charge in [-0.1, -0.05) is 31.7 Å². The van der Waals surface area contributed by atoms with Gasteiger partial charge in [-0.2, -0.15) is 0 Å². The summed E-state index contributed by atoms with van der Waals surface area (Å²) < 4.78 is 0. The Morgan fingerprint density at radius 2 is 2.11 bits per heavy atom. The van der Waals surface area contributed by atoms with E-state index in [1.807, 2.05) is 36.6 Å². The number of nitrogens with one attached hydrogen (secondary N) is 2. The highest BCUT2D eigenvalue weighted by Gasteiger charge is 2.18. The van der Waals surface area contributed by atoms with Gasteiger partial charge in [-0.05, 0) is 31.1 Å². The number of thiazole rings is 2. The van der Waals surface area contributed by atoms with Gasteiger partial charge in [0.2, 0.25) is 11.8 Å². The fourth-order valence-electron chi connectivity index (χ4n) is 2.48. The quantitative estimate of drug-likeness (QED) is 0.551. The highest BCUT2D eigenvalue weighted by molar-refractivity contribution is 7.15. The molecule has 0 bridgehead atoms. The van der Waals surface area contributed by atoms with Crippen LogP contribution in [0.3, 0.4) is 0 Å². The second-order valence-electron chi connectivity index (χ2n) is 6.05. The van der Waals surface area contributed by atoms with Crippen molar-refractivity contribution in [1.29, 1.82) is 0 Å². The van der Waals surface area contributed by atoms with Gasteiger partial charge in [0.15, 0.2) is 10.3 Å². The first kappa shape index (κ1) is 19.9. The van der Waals surface area contributed by atoms with Crippen molar-refractivity contribution in [3.05, 3.63) is 58.9 Å². The van der Waals surface area contributed by atoms with Crippen LogP contribution in [0.5, 0.6) is 0 Å². The summed E-state index contributed by atoms with van der Waals surface area (Å²) in [5.74, 6) is -0.743. The molecule has 28 heavy (non-hydrogen) atoms. The number of nitrogens with zero attached hydrogens (tertiary/aromatic N) is 2. The minimum atomic E-state index is -0.340. The van der Waals surface area contributed by atoms with Crippen molar-refractivity contribution < 1.29 is 9.59 Å². The first-order valence-corrected chi connectivity index (χ1v) is 10.4. The smallest absolute Gasteiger partial charge is 0.249 e. The van der Waals surface area contributed by atoms with E-state index in [1.54, 1.807) is 6.20 Å². The van der Waals surface area contributed by atoms with Gasteiger partial charge in [0, 0.05) is 22.0 Å². The molecule has 0 saturated heterocycles. The zero-order valence-electron chi connectivity index (χ0n) is 15.6. The minimum absolute atomic E-state index is 0.105. The molecule has 2 aromatic heterocycles. The van der Waals surface area contributed by atoms with E-state index in [2.05, 4.69) is 34.1 Å². The maximum atomic E-state index is 12.6. The summed E-state index contributed by atoms with van der Waals surface area (Å²) in [5, 5.41) is 8.53. The van der Waals surface area contributed by atoms with Gasteiger partial charge in [-0.25, -0.2) is 9.97 Å². The van der Waals surface area contributed by atoms with Gasteiger partial charge >= 0.3 is 0 Å². The van der Waals surface area contributed by atoms with E-state index >= 15 is 0 Å². The minimum Gasteiger partial charge on any atom is -0.301 e. The second kappa shape index (κ2) is 8.90. The van der Waals surface area contributed by atoms with Crippen LogP contribution in [-0.4, -0.2) is 21.8 Å². The summed E-state index contributed by atoms with van der Waals surface area (Å²) >= 11 is 2.83. The highest BCUT2D eigenvalue weighted by Crippen LogP contribution is 2.28. The number of hydrogen-bond donors (Lipinski definition) is 2. The molecule has 2 heterocycles. The van der Waals surface area contributed by atoms with Gasteiger partial charge in [-0.15, -0.1) is 22.7 Å². The lowest BCUT2D eigenvalue weighted by molar-refractivity contribution is -0.117. The standard InChI is InChI=1S/C20H20N4O2S2/c1-4-15-10-21-19(28-15)24-18(26)12(3)13-7-6-8-14(9-13)16-11-27-20(22-16)23-17(25)5-2/h5-12H,2,4H2,1,3H3,(H,21,24,26)(H,22,23,25). The largest absolute Gasteiger partial charge is 0.301 e. The van der Waals surface area contributed by atoms with E-state index in [0.29, 0.717) is 10.3 Å². The Bertz CT molecular complexity index is 1010. The molecule has 0 radical (unpaired) electrons. The molecule has 6 nitrogen and oxygen atoms in total. The number of aromatic nitrogens is 2. The van der Waals surface area contributed by atoms with Crippen molar-refractivity contribution in [2.45, 2.75) is 26.2 Å². The molecule has 3 rings (SSSR count). The van der Waals surface area contributed by atoms with E-state index in [1.165, 1.54) is 28.7 Å². The van der Waals surface area contributed by atoms with Crippen LogP contribution in [0, 0.1) is 0 Å². The first-order valence-electron chi connectivity index (χ1n) is 8.75. The molecule has 1 aromatic carbocycles. The number of hydrogen-bond acceptors (Lipinski definition) is 6. The molecule has 1 unspecified atom stereocenters. The average molecular weight is 413 g/mol. The van der Waals surface area contributed by atoms with Crippen LogP contribution in [0.2, 0.25) is 0 Å². The van der Waals surface area contributed by atoms with Crippen LogP contribution >= 0.6 is 22.7 Å². The topological polar surface area (TPSA) is 84.0 Å². The number of carbonyl (C=O) groups is 2. The first-order chi connectivity index (χ1) is 13.5. The zero-order valence-corrected chi connectivity index (χ0v) is 17.2. The van der Waals surface area contributed by atoms with Gasteiger partial charge in [0.05, 0.1) is 11.6 Å². The number of aryl methyl sites for hydroxylation is 1. The number of carbonyl (C=O) groups excluding carboxylic acids is 2. The summed E-state index contributed by atoms with van der Waals surface area (Å²) in [4.78, 5) is 33.8. The molecular weight excluding hydrogens is 392 g/mol. The molecule has 0 aliphatic heterocycles. The molecule has 144 valence electrons. The molecule has 0 aliphatic carbocycles. The number of anilines is 2. The Labute approximate surface area is 171 Å². The SMILES string of the molecule is C=CC(=O)Nc1nc(-c2cccc(C(C)C(=O)Nc3ncc(CC)s3)c2)cs1. The molecule has 0 aliphatic rings. The summed E-state index contributed by atoms with van der Waals surface area (Å²) in [7, 11) is 0. The van der Waals surface area contributed by atoms with Crippen molar-refractivity contribution in [2.75, 3.05) is 10.6 Å². The molecule has 1 atom stereocenters. The van der Waals surface area contributed by atoms with Crippen molar-refractivity contribution in [2.24, 2.45) is 0 Å². The third-order valence-electron chi connectivity index (χ3n) is 4.13. The zero-order chi connectivity index (χ0) is 20.1. The summed E-state index contributed by atoms with van der Waals surface area (Å²) in [6.07, 6.45) is 3.89. The van der Waals surface area contributed by atoms with Crippen LogP contribution in [0.1, 0.15) is 30.2 Å². The Morgan fingerprint density at radius 3 is 2.82 bits per heavy atom. The van der Waals surface area contributed by atoms with Gasteiger partial charge in [0.1, 0.15) is 0 Å². The van der Waals surface area contributed by atoms with E-state index < -0.39 is 0 Å². The van der Waals surface area contributed by atoms with Gasteiger partial charge < -0.3 is 5.32 Å². The molecule has 0 spiro atoms. The van der Waals surface area contributed by atoms with E-state index in [-0.39, 0.29) is 17.7 Å².